The van der Waals surface area contributed by atoms with E-state index in [0.717, 1.165) is 0 Å². The molecule has 1 atom stereocenters. The summed E-state index contributed by atoms with van der Waals surface area (Å²) in [6.07, 6.45) is 0.225. The van der Waals surface area contributed by atoms with Gasteiger partial charge in [0.25, 0.3) is 5.91 Å². The van der Waals surface area contributed by atoms with E-state index in [9.17, 15) is 9.90 Å². The molecule has 1 aromatic carbocycles. The number of benzene rings is 1. The first-order valence-electron chi connectivity index (χ1n) is 4.29. The normalized spacial score (nSPS) is 14.8. The Balaban J connectivity index is 3.19. The van der Waals surface area contributed by atoms with E-state index in [1.54, 1.807) is 25.1 Å². The van der Waals surface area contributed by atoms with Gasteiger partial charge in [0.2, 0.25) is 0 Å². The van der Waals surface area contributed by atoms with Crippen LogP contribution in [0.1, 0.15) is 18.9 Å². The highest BCUT2D eigenvalue weighted by atomic mass is 35.5. The van der Waals surface area contributed by atoms with Gasteiger partial charge in [0.15, 0.2) is 5.60 Å². The summed E-state index contributed by atoms with van der Waals surface area (Å²) in [6, 6.07) is 6.50. The van der Waals surface area contributed by atoms with Crippen LogP contribution in [0.25, 0.3) is 0 Å². The Morgan fingerprint density at radius 1 is 1.64 bits per heavy atom. The fraction of sp³-hybridized carbons (Fsp3) is 0.300. The van der Waals surface area contributed by atoms with Crippen molar-refractivity contribution in [2.24, 2.45) is 5.73 Å². The Hall–Kier alpha value is -1.06. The maximum Gasteiger partial charge on any atom is 0.254 e. The van der Waals surface area contributed by atoms with E-state index in [0.29, 0.717) is 10.6 Å². The van der Waals surface area contributed by atoms with E-state index >= 15 is 0 Å². The second kappa shape index (κ2) is 3.98. The summed E-state index contributed by atoms with van der Waals surface area (Å²) >= 11 is 5.75. The first-order chi connectivity index (χ1) is 6.50. The third-order valence-electron chi connectivity index (χ3n) is 2.22. The number of primary amides is 1. The first kappa shape index (κ1) is 11.0. The van der Waals surface area contributed by atoms with Crippen LogP contribution in [0.15, 0.2) is 24.3 Å². The average molecular weight is 214 g/mol. The fourth-order valence-corrected chi connectivity index (χ4v) is 1.46. The average Bonchev–Trinajstić information content (AvgIpc) is 2.16. The molecule has 3 N–H and O–H groups in total. The molecule has 0 saturated heterocycles. The molecule has 1 rings (SSSR count). The molecular weight excluding hydrogens is 202 g/mol. The standard InChI is InChI=1S/C10H12ClNO2/c1-2-10(14,9(12)13)7-4-3-5-8(11)6-7/h3-6,14H,2H2,1H3,(H2,12,13). The minimum atomic E-state index is -1.62. The van der Waals surface area contributed by atoms with Crippen molar-refractivity contribution in [2.45, 2.75) is 18.9 Å². The van der Waals surface area contributed by atoms with Crippen molar-refractivity contribution in [1.82, 2.24) is 0 Å². The number of rotatable bonds is 3. The Morgan fingerprint density at radius 3 is 2.71 bits per heavy atom. The van der Waals surface area contributed by atoms with Gasteiger partial charge in [0, 0.05) is 5.02 Å². The van der Waals surface area contributed by atoms with E-state index in [4.69, 9.17) is 17.3 Å². The minimum Gasteiger partial charge on any atom is -0.375 e. The number of amides is 1. The van der Waals surface area contributed by atoms with Gasteiger partial charge in [-0.15, -0.1) is 0 Å². The molecule has 14 heavy (non-hydrogen) atoms. The molecule has 0 aliphatic rings. The largest absolute Gasteiger partial charge is 0.375 e. The van der Waals surface area contributed by atoms with E-state index in [1.165, 1.54) is 6.07 Å². The molecular formula is C10H12ClNO2. The highest BCUT2D eigenvalue weighted by Crippen LogP contribution is 2.26. The molecule has 0 saturated carbocycles. The summed E-state index contributed by atoms with van der Waals surface area (Å²) in [5.74, 6) is -0.762. The third-order valence-corrected chi connectivity index (χ3v) is 2.46. The number of carbonyl (C=O) groups excluding carboxylic acids is 1. The van der Waals surface area contributed by atoms with E-state index in [2.05, 4.69) is 0 Å². The Bertz CT molecular complexity index is 354. The number of nitrogens with two attached hydrogens (primary N) is 1. The number of carbonyl (C=O) groups is 1. The zero-order chi connectivity index (χ0) is 10.8. The molecule has 1 aromatic rings. The molecule has 76 valence electrons. The van der Waals surface area contributed by atoms with Crippen LogP contribution in [0.5, 0.6) is 0 Å². The molecule has 4 heteroatoms. The summed E-state index contributed by atoms with van der Waals surface area (Å²) in [6.45, 7) is 1.69. The number of halogens is 1. The smallest absolute Gasteiger partial charge is 0.254 e. The predicted molar refractivity (Wildman–Crippen MR) is 54.8 cm³/mol. The fourth-order valence-electron chi connectivity index (χ4n) is 1.27. The van der Waals surface area contributed by atoms with Crippen molar-refractivity contribution in [2.75, 3.05) is 0 Å². The SMILES string of the molecule is CCC(O)(C(N)=O)c1cccc(Cl)c1. The van der Waals surface area contributed by atoms with Crippen molar-refractivity contribution in [3.8, 4) is 0 Å². The van der Waals surface area contributed by atoms with Crippen LogP contribution < -0.4 is 5.73 Å². The number of hydrogen-bond acceptors (Lipinski definition) is 2. The molecule has 1 unspecified atom stereocenters. The zero-order valence-electron chi connectivity index (χ0n) is 7.83. The van der Waals surface area contributed by atoms with Crippen molar-refractivity contribution in [3.63, 3.8) is 0 Å². The summed E-state index contributed by atoms with van der Waals surface area (Å²) < 4.78 is 0. The number of aliphatic hydroxyl groups is 1. The van der Waals surface area contributed by atoms with Crippen molar-refractivity contribution < 1.29 is 9.90 Å². The highest BCUT2D eigenvalue weighted by Gasteiger charge is 2.33. The minimum absolute atomic E-state index is 0.225. The van der Waals surface area contributed by atoms with Crippen molar-refractivity contribution in [3.05, 3.63) is 34.9 Å². The molecule has 0 bridgehead atoms. The van der Waals surface area contributed by atoms with E-state index < -0.39 is 11.5 Å². The molecule has 0 heterocycles. The monoisotopic (exact) mass is 213 g/mol. The van der Waals surface area contributed by atoms with Gasteiger partial charge in [-0.2, -0.15) is 0 Å². The lowest BCUT2D eigenvalue weighted by atomic mass is 9.90. The lowest BCUT2D eigenvalue weighted by Gasteiger charge is -2.23. The quantitative estimate of drug-likeness (QED) is 0.798. The summed E-state index contributed by atoms with van der Waals surface area (Å²) in [7, 11) is 0. The second-order valence-electron chi connectivity index (χ2n) is 3.09. The maximum atomic E-state index is 11.1. The van der Waals surface area contributed by atoms with E-state index in [1.807, 2.05) is 0 Å². The molecule has 0 fully saturated rings. The molecule has 3 nitrogen and oxygen atoms in total. The number of hydrogen-bond donors (Lipinski definition) is 2. The predicted octanol–water partition coefficient (Wildman–Crippen LogP) is 1.42. The Kier molecular flexibility index (Phi) is 3.13. The second-order valence-corrected chi connectivity index (χ2v) is 3.52. The van der Waals surface area contributed by atoms with Crippen molar-refractivity contribution >= 4 is 17.5 Å². The van der Waals surface area contributed by atoms with Gasteiger partial charge in [-0.25, -0.2) is 0 Å². The van der Waals surface area contributed by atoms with Gasteiger partial charge >= 0.3 is 0 Å². The lowest BCUT2D eigenvalue weighted by molar-refractivity contribution is -0.137. The zero-order valence-corrected chi connectivity index (χ0v) is 8.58. The maximum absolute atomic E-state index is 11.1. The topological polar surface area (TPSA) is 63.3 Å². The van der Waals surface area contributed by atoms with Gasteiger partial charge in [-0.05, 0) is 24.1 Å². The lowest BCUT2D eigenvalue weighted by Crippen LogP contribution is -2.40. The van der Waals surface area contributed by atoms with Crippen molar-refractivity contribution in [1.29, 1.82) is 0 Å². The molecule has 0 aliphatic carbocycles. The van der Waals surface area contributed by atoms with Crippen LogP contribution in [-0.2, 0) is 10.4 Å². The molecule has 0 radical (unpaired) electrons. The highest BCUT2D eigenvalue weighted by molar-refractivity contribution is 6.30. The van der Waals surface area contributed by atoms with Crippen LogP contribution in [0.4, 0.5) is 0 Å². The van der Waals surface area contributed by atoms with Crippen LogP contribution in [-0.4, -0.2) is 11.0 Å². The van der Waals surface area contributed by atoms with E-state index in [-0.39, 0.29) is 6.42 Å². The summed E-state index contributed by atoms with van der Waals surface area (Å²) in [5.41, 5.74) is 3.94. The summed E-state index contributed by atoms with van der Waals surface area (Å²) in [4.78, 5) is 11.1. The first-order valence-corrected chi connectivity index (χ1v) is 4.67. The third kappa shape index (κ3) is 1.89. The molecule has 0 aliphatic heterocycles. The van der Waals surface area contributed by atoms with Crippen LogP contribution >= 0.6 is 11.6 Å². The van der Waals surface area contributed by atoms with Gasteiger partial charge < -0.3 is 10.8 Å². The van der Waals surface area contributed by atoms with Gasteiger partial charge in [-0.3, -0.25) is 4.79 Å². The van der Waals surface area contributed by atoms with Gasteiger partial charge in [-0.1, -0.05) is 30.7 Å². The van der Waals surface area contributed by atoms with Crippen LogP contribution in [0, 0.1) is 0 Å². The van der Waals surface area contributed by atoms with Gasteiger partial charge in [0.1, 0.15) is 0 Å². The summed E-state index contributed by atoms with van der Waals surface area (Å²) in [5, 5.41) is 10.4. The molecule has 1 amide bonds. The van der Waals surface area contributed by atoms with Crippen LogP contribution in [0.2, 0.25) is 5.02 Å². The Labute approximate surface area is 87.5 Å². The Morgan fingerprint density at radius 2 is 2.29 bits per heavy atom. The molecule has 0 aromatic heterocycles. The molecule has 0 spiro atoms. The van der Waals surface area contributed by atoms with Gasteiger partial charge in [0.05, 0.1) is 0 Å². The van der Waals surface area contributed by atoms with Crippen LogP contribution in [0.3, 0.4) is 0 Å².